The van der Waals surface area contributed by atoms with E-state index >= 15 is 0 Å². The lowest BCUT2D eigenvalue weighted by molar-refractivity contribution is -0.124. The van der Waals surface area contributed by atoms with Crippen molar-refractivity contribution >= 4 is 27.5 Å². The van der Waals surface area contributed by atoms with Gasteiger partial charge in [-0.1, -0.05) is 0 Å². The van der Waals surface area contributed by atoms with E-state index in [1.807, 2.05) is 5.48 Å². The van der Waals surface area contributed by atoms with Gasteiger partial charge in [-0.3, -0.25) is 19.1 Å². The van der Waals surface area contributed by atoms with E-state index in [1.165, 1.54) is 24.3 Å². The monoisotopic (exact) mass is 287 g/mol. The van der Waals surface area contributed by atoms with Crippen molar-refractivity contribution in [3.63, 3.8) is 0 Å². The number of nitrogens with one attached hydrogen (secondary N) is 2. The molecule has 0 aliphatic heterocycles. The minimum Gasteiger partial charge on any atom is -0.368 e. The predicted molar refractivity (Wildman–Crippen MR) is 67.5 cm³/mol. The Labute approximate surface area is 109 Å². The summed E-state index contributed by atoms with van der Waals surface area (Å²) in [5, 5.41) is 0. The number of benzene rings is 1. The van der Waals surface area contributed by atoms with Crippen LogP contribution in [0.4, 0.5) is 5.69 Å². The zero-order chi connectivity index (χ0) is 14.5. The van der Waals surface area contributed by atoms with Crippen molar-refractivity contribution < 1.29 is 22.8 Å². The molecule has 0 heterocycles. The molecule has 1 aromatic carbocycles. The number of carbonyl (C=O) groups is 2. The van der Waals surface area contributed by atoms with Crippen LogP contribution in [-0.2, 0) is 19.7 Å². The first-order chi connectivity index (χ1) is 8.78. The Hall–Kier alpha value is -2.13. The smallest absolute Gasteiger partial charge is 0.274 e. The molecule has 0 aliphatic carbocycles. The topological polar surface area (TPSA) is 128 Å². The van der Waals surface area contributed by atoms with Crippen LogP contribution >= 0.6 is 0 Å². The first kappa shape index (κ1) is 14.9. The minimum absolute atomic E-state index is 0.239. The van der Waals surface area contributed by atoms with E-state index in [0.717, 1.165) is 6.26 Å². The summed E-state index contributed by atoms with van der Waals surface area (Å²) >= 11 is 0. The summed E-state index contributed by atoms with van der Waals surface area (Å²) in [7, 11) is -3.36. The summed E-state index contributed by atoms with van der Waals surface area (Å²) < 4.78 is 24.2. The lowest BCUT2D eigenvalue weighted by Crippen LogP contribution is -2.29. The Kier molecular flexibility index (Phi) is 4.84. The van der Waals surface area contributed by atoms with Gasteiger partial charge in [0.1, 0.15) is 0 Å². The van der Waals surface area contributed by atoms with Gasteiger partial charge in [0.25, 0.3) is 5.91 Å². The van der Waals surface area contributed by atoms with Gasteiger partial charge in [0.2, 0.25) is 15.9 Å². The summed E-state index contributed by atoms with van der Waals surface area (Å²) in [6, 6.07) is 5.64. The van der Waals surface area contributed by atoms with Gasteiger partial charge < -0.3 is 5.73 Å². The molecule has 2 amide bonds. The third-order valence-electron chi connectivity index (χ3n) is 1.83. The molecule has 8 nitrogen and oxygen atoms in total. The Morgan fingerprint density at radius 2 is 1.84 bits per heavy atom. The first-order valence-electron chi connectivity index (χ1n) is 5.06. The van der Waals surface area contributed by atoms with E-state index in [4.69, 9.17) is 5.73 Å². The van der Waals surface area contributed by atoms with Crippen LogP contribution in [0.1, 0.15) is 10.4 Å². The van der Waals surface area contributed by atoms with Gasteiger partial charge in [-0.05, 0) is 24.3 Å². The molecule has 0 radical (unpaired) electrons. The molecule has 0 atom stereocenters. The summed E-state index contributed by atoms with van der Waals surface area (Å²) in [5.74, 6) is -1.29. The van der Waals surface area contributed by atoms with Gasteiger partial charge in [-0.25, -0.2) is 13.9 Å². The quantitative estimate of drug-likeness (QED) is 0.590. The van der Waals surface area contributed by atoms with Crippen molar-refractivity contribution in [1.82, 2.24) is 5.48 Å². The number of hydrogen-bond acceptors (Lipinski definition) is 5. The number of primary amides is 1. The van der Waals surface area contributed by atoms with Crippen molar-refractivity contribution in [1.29, 1.82) is 0 Å². The average Bonchev–Trinajstić information content (AvgIpc) is 2.27. The molecule has 0 unspecified atom stereocenters. The van der Waals surface area contributed by atoms with E-state index in [9.17, 15) is 18.0 Å². The number of rotatable bonds is 6. The highest BCUT2D eigenvalue weighted by atomic mass is 32.2. The van der Waals surface area contributed by atoms with Gasteiger partial charge in [-0.2, -0.15) is 0 Å². The summed E-state index contributed by atoms with van der Waals surface area (Å²) in [6.45, 7) is -0.431. The number of nitrogens with two attached hydrogens (primary N) is 1. The lowest BCUT2D eigenvalue weighted by Gasteiger charge is -2.06. The second-order valence-corrected chi connectivity index (χ2v) is 5.39. The highest BCUT2D eigenvalue weighted by Gasteiger charge is 2.07. The van der Waals surface area contributed by atoms with Crippen LogP contribution in [0, 0.1) is 0 Å². The van der Waals surface area contributed by atoms with E-state index in [-0.39, 0.29) is 5.56 Å². The molecule has 4 N–H and O–H groups in total. The maximum Gasteiger partial charge on any atom is 0.274 e. The zero-order valence-electron chi connectivity index (χ0n) is 10.0. The van der Waals surface area contributed by atoms with Crippen LogP contribution in [0.15, 0.2) is 24.3 Å². The van der Waals surface area contributed by atoms with E-state index in [1.54, 1.807) is 0 Å². The normalized spacial score (nSPS) is 10.8. The number of sulfonamides is 1. The van der Waals surface area contributed by atoms with Crippen molar-refractivity contribution in [2.75, 3.05) is 17.6 Å². The molecule has 0 aliphatic rings. The summed E-state index contributed by atoms with van der Waals surface area (Å²) in [4.78, 5) is 26.4. The zero-order valence-corrected chi connectivity index (χ0v) is 10.9. The van der Waals surface area contributed by atoms with Crippen LogP contribution in [0.25, 0.3) is 0 Å². The van der Waals surface area contributed by atoms with Gasteiger partial charge in [0, 0.05) is 11.3 Å². The van der Waals surface area contributed by atoms with Crippen molar-refractivity contribution in [3.8, 4) is 0 Å². The molecule has 0 bridgehead atoms. The van der Waals surface area contributed by atoms with Crippen LogP contribution in [0.3, 0.4) is 0 Å². The van der Waals surface area contributed by atoms with Crippen molar-refractivity contribution in [2.24, 2.45) is 5.73 Å². The van der Waals surface area contributed by atoms with Crippen molar-refractivity contribution in [3.05, 3.63) is 29.8 Å². The van der Waals surface area contributed by atoms with Crippen LogP contribution in [0.2, 0.25) is 0 Å². The predicted octanol–water partition coefficient (Wildman–Crippen LogP) is -0.795. The number of hydrogen-bond donors (Lipinski definition) is 3. The molecular weight excluding hydrogens is 274 g/mol. The van der Waals surface area contributed by atoms with Gasteiger partial charge in [0.15, 0.2) is 6.61 Å². The highest BCUT2D eigenvalue weighted by Crippen LogP contribution is 2.10. The molecule has 0 aromatic heterocycles. The number of hydroxylamine groups is 1. The Balaban J connectivity index is 2.60. The maximum atomic E-state index is 11.5. The molecule has 0 spiro atoms. The fraction of sp³-hybridized carbons (Fsp3) is 0.200. The van der Waals surface area contributed by atoms with Gasteiger partial charge in [-0.15, -0.1) is 0 Å². The fourth-order valence-electron chi connectivity index (χ4n) is 1.14. The molecule has 1 rings (SSSR count). The van der Waals surface area contributed by atoms with E-state index in [0.29, 0.717) is 5.69 Å². The molecule has 0 saturated carbocycles. The fourth-order valence-corrected chi connectivity index (χ4v) is 1.70. The SMILES string of the molecule is CS(=O)(=O)Nc1ccc(C(=O)NOCC(N)=O)cc1. The molecule has 104 valence electrons. The molecule has 1 aromatic rings. The second-order valence-electron chi connectivity index (χ2n) is 3.64. The van der Waals surface area contributed by atoms with Crippen LogP contribution in [0.5, 0.6) is 0 Å². The number of amides is 2. The standard InChI is InChI=1S/C10H13N3O5S/c1-19(16,17)13-8-4-2-7(3-5-8)10(15)12-18-6-9(11)14/h2-5,13H,6H2,1H3,(H2,11,14)(H,12,15). The Bertz CT molecular complexity index is 567. The molecule has 19 heavy (non-hydrogen) atoms. The molecular formula is C10H13N3O5S. The average molecular weight is 287 g/mol. The minimum atomic E-state index is -3.36. The van der Waals surface area contributed by atoms with Crippen LogP contribution < -0.4 is 15.9 Å². The van der Waals surface area contributed by atoms with Gasteiger partial charge in [0.05, 0.1) is 6.26 Å². The third kappa shape index (κ3) is 5.84. The lowest BCUT2D eigenvalue weighted by atomic mass is 10.2. The van der Waals surface area contributed by atoms with Crippen molar-refractivity contribution in [2.45, 2.75) is 0 Å². The summed E-state index contributed by atoms with van der Waals surface area (Å²) in [6.07, 6.45) is 1.02. The molecule has 0 saturated heterocycles. The Morgan fingerprint density at radius 1 is 1.26 bits per heavy atom. The maximum absolute atomic E-state index is 11.5. The number of carbonyl (C=O) groups excluding carboxylic acids is 2. The Morgan fingerprint density at radius 3 is 2.32 bits per heavy atom. The largest absolute Gasteiger partial charge is 0.368 e. The third-order valence-corrected chi connectivity index (χ3v) is 2.44. The van der Waals surface area contributed by atoms with Gasteiger partial charge >= 0.3 is 0 Å². The highest BCUT2D eigenvalue weighted by molar-refractivity contribution is 7.92. The van der Waals surface area contributed by atoms with E-state index in [2.05, 4.69) is 9.56 Å². The molecule has 9 heteroatoms. The summed E-state index contributed by atoms with van der Waals surface area (Å²) in [5.41, 5.74) is 7.41. The van der Waals surface area contributed by atoms with E-state index < -0.39 is 28.4 Å². The number of anilines is 1. The first-order valence-corrected chi connectivity index (χ1v) is 6.95. The molecule has 0 fully saturated rings. The van der Waals surface area contributed by atoms with Crippen LogP contribution in [-0.4, -0.2) is 33.1 Å². The second kappa shape index (κ2) is 6.16.